The number of ether oxygens (including phenoxy) is 1. The number of amides is 1. The van der Waals surface area contributed by atoms with E-state index in [1.165, 1.54) is 0 Å². The molecule has 0 radical (unpaired) electrons. The molecule has 0 fully saturated rings. The van der Waals surface area contributed by atoms with E-state index in [0.29, 0.717) is 19.7 Å². The maximum absolute atomic E-state index is 11.3. The van der Waals surface area contributed by atoms with Crippen LogP contribution in [0, 0.1) is 0 Å². The minimum Gasteiger partial charge on any atom is -0.377 e. The normalized spacial score (nSPS) is 12.9. The molecular weight excluding hydrogens is 180 g/mol. The fraction of sp³-hybridized carbons (Fsp3) is 0.900. The van der Waals surface area contributed by atoms with Gasteiger partial charge >= 0.3 is 0 Å². The van der Waals surface area contributed by atoms with Crippen LogP contribution in [0.2, 0.25) is 0 Å². The number of rotatable bonds is 7. The molecule has 2 N–H and O–H groups in total. The first-order valence-electron chi connectivity index (χ1n) is 5.20. The van der Waals surface area contributed by atoms with Crippen molar-refractivity contribution in [1.82, 2.24) is 10.6 Å². The topological polar surface area (TPSA) is 50.4 Å². The van der Waals surface area contributed by atoms with E-state index in [-0.39, 0.29) is 18.1 Å². The summed E-state index contributed by atoms with van der Waals surface area (Å²) in [6.07, 6.45) is 0.247. The molecule has 0 aliphatic carbocycles. The number of carbonyl (C=O) groups excluding carboxylic acids is 1. The monoisotopic (exact) mass is 202 g/mol. The maximum atomic E-state index is 11.3. The maximum Gasteiger partial charge on any atom is 0.236 e. The molecule has 1 atom stereocenters. The molecule has 4 heteroatoms. The van der Waals surface area contributed by atoms with Crippen molar-refractivity contribution in [2.24, 2.45) is 0 Å². The van der Waals surface area contributed by atoms with E-state index in [1.54, 1.807) is 0 Å². The van der Waals surface area contributed by atoms with Crippen LogP contribution in [0.15, 0.2) is 0 Å². The fourth-order valence-electron chi connectivity index (χ4n) is 0.990. The second kappa shape index (κ2) is 7.76. The van der Waals surface area contributed by atoms with E-state index in [9.17, 15) is 4.79 Å². The van der Waals surface area contributed by atoms with Crippen LogP contribution in [0.1, 0.15) is 27.7 Å². The first kappa shape index (κ1) is 13.4. The van der Waals surface area contributed by atoms with Crippen LogP contribution in [0.5, 0.6) is 0 Å². The average molecular weight is 202 g/mol. The largest absolute Gasteiger partial charge is 0.377 e. The molecule has 4 nitrogen and oxygen atoms in total. The third-order valence-corrected chi connectivity index (χ3v) is 1.75. The molecule has 0 saturated heterocycles. The zero-order chi connectivity index (χ0) is 11.0. The lowest BCUT2D eigenvalue weighted by atomic mass is 10.3. The van der Waals surface area contributed by atoms with Gasteiger partial charge in [-0.05, 0) is 27.7 Å². The summed E-state index contributed by atoms with van der Waals surface area (Å²) in [5.41, 5.74) is 0. The Morgan fingerprint density at radius 2 is 2.00 bits per heavy atom. The predicted molar refractivity (Wildman–Crippen MR) is 57.2 cm³/mol. The first-order valence-corrected chi connectivity index (χ1v) is 5.20. The standard InChI is InChI=1S/C10H22N2O2/c1-5-11-10(13)9(4)12-6-7-14-8(2)3/h8-9,12H,5-7H2,1-4H3,(H,11,13). The molecule has 0 rings (SSSR count). The second-order valence-corrected chi connectivity index (χ2v) is 3.49. The quantitative estimate of drug-likeness (QED) is 0.592. The van der Waals surface area contributed by atoms with Gasteiger partial charge in [-0.1, -0.05) is 0 Å². The van der Waals surface area contributed by atoms with Crippen molar-refractivity contribution in [2.45, 2.75) is 39.8 Å². The van der Waals surface area contributed by atoms with Gasteiger partial charge in [0.05, 0.1) is 18.8 Å². The number of nitrogens with one attached hydrogen (secondary N) is 2. The molecule has 0 aromatic heterocycles. The summed E-state index contributed by atoms with van der Waals surface area (Å²) < 4.78 is 5.34. The molecule has 1 amide bonds. The molecule has 1 unspecified atom stereocenters. The van der Waals surface area contributed by atoms with Gasteiger partial charge in [-0.3, -0.25) is 4.79 Å². The summed E-state index contributed by atoms with van der Waals surface area (Å²) in [5.74, 6) is 0.0389. The van der Waals surface area contributed by atoms with Crippen molar-refractivity contribution >= 4 is 5.91 Å². The minimum atomic E-state index is -0.147. The van der Waals surface area contributed by atoms with Crippen molar-refractivity contribution in [3.05, 3.63) is 0 Å². The highest BCUT2D eigenvalue weighted by Gasteiger charge is 2.09. The zero-order valence-electron chi connectivity index (χ0n) is 9.59. The molecule has 0 bridgehead atoms. The van der Waals surface area contributed by atoms with Crippen molar-refractivity contribution in [3.63, 3.8) is 0 Å². The SMILES string of the molecule is CCNC(=O)C(C)NCCOC(C)C. The Balaban J connectivity index is 3.43. The molecule has 0 aliphatic heterocycles. The third kappa shape index (κ3) is 6.86. The van der Waals surface area contributed by atoms with Gasteiger partial charge in [-0.15, -0.1) is 0 Å². The minimum absolute atomic E-state index is 0.0389. The van der Waals surface area contributed by atoms with Crippen LogP contribution in [0.4, 0.5) is 0 Å². The summed E-state index contributed by atoms with van der Waals surface area (Å²) in [5, 5.41) is 5.84. The van der Waals surface area contributed by atoms with Gasteiger partial charge in [0.25, 0.3) is 0 Å². The summed E-state index contributed by atoms with van der Waals surface area (Å²) in [4.78, 5) is 11.3. The third-order valence-electron chi connectivity index (χ3n) is 1.75. The van der Waals surface area contributed by atoms with Crippen molar-refractivity contribution in [1.29, 1.82) is 0 Å². The van der Waals surface area contributed by atoms with Gasteiger partial charge in [-0.2, -0.15) is 0 Å². The van der Waals surface area contributed by atoms with E-state index in [1.807, 2.05) is 27.7 Å². The number of carbonyl (C=O) groups is 1. The first-order chi connectivity index (χ1) is 6.57. The number of hydrogen-bond acceptors (Lipinski definition) is 3. The lowest BCUT2D eigenvalue weighted by Gasteiger charge is -2.14. The molecule has 0 saturated carbocycles. The van der Waals surface area contributed by atoms with Crippen molar-refractivity contribution in [2.75, 3.05) is 19.7 Å². The van der Waals surface area contributed by atoms with Gasteiger partial charge in [0, 0.05) is 13.1 Å². The van der Waals surface area contributed by atoms with Crippen LogP contribution in [0.25, 0.3) is 0 Å². The summed E-state index contributed by atoms with van der Waals surface area (Å²) >= 11 is 0. The summed E-state index contributed by atoms with van der Waals surface area (Å²) in [6.45, 7) is 9.76. The van der Waals surface area contributed by atoms with Gasteiger partial charge in [0.2, 0.25) is 5.91 Å². The predicted octanol–water partition coefficient (Wildman–Crippen LogP) is 0.526. The zero-order valence-corrected chi connectivity index (χ0v) is 9.59. The molecule has 14 heavy (non-hydrogen) atoms. The Kier molecular flexibility index (Phi) is 7.42. The number of hydrogen-bond donors (Lipinski definition) is 2. The average Bonchev–Trinajstić information content (AvgIpc) is 2.12. The van der Waals surface area contributed by atoms with E-state index in [0.717, 1.165) is 0 Å². The van der Waals surface area contributed by atoms with Gasteiger partial charge in [0.1, 0.15) is 0 Å². The van der Waals surface area contributed by atoms with Crippen molar-refractivity contribution in [3.8, 4) is 0 Å². The molecule has 0 aromatic rings. The lowest BCUT2D eigenvalue weighted by Crippen LogP contribution is -2.43. The highest BCUT2D eigenvalue weighted by Crippen LogP contribution is 1.86. The highest BCUT2D eigenvalue weighted by atomic mass is 16.5. The molecule has 0 heterocycles. The Morgan fingerprint density at radius 1 is 1.36 bits per heavy atom. The Labute approximate surface area is 86.4 Å². The van der Waals surface area contributed by atoms with Gasteiger partial charge < -0.3 is 15.4 Å². The van der Waals surface area contributed by atoms with Crippen LogP contribution in [-0.2, 0) is 9.53 Å². The van der Waals surface area contributed by atoms with E-state index < -0.39 is 0 Å². The second-order valence-electron chi connectivity index (χ2n) is 3.49. The summed E-state index contributed by atoms with van der Waals surface area (Å²) in [7, 11) is 0. The summed E-state index contributed by atoms with van der Waals surface area (Å²) in [6, 6.07) is -0.147. The van der Waals surface area contributed by atoms with E-state index in [2.05, 4.69) is 10.6 Å². The Hall–Kier alpha value is -0.610. The van der Waals surface area contributed by atoms with Crippen LogP contribution >= 0.6 is 0 Å². The fourth-order valence-corrected chi connectivity index (χ4v) is 0.990. The van der Waals surface area contributed by atoms with Gasteiger partial charge in [-0.25, -0.2) is 0 Å². The van der Waals surface area contributed by atoms with Gasteiger partial charge in [0.15, 0.2) is 0 Å². The lowest BCUT2D eigenvalue weighted by molar-refractivity contribution is -0.122. The highest BCUT2D eigenvalue weighted by molar-refractivity contribution is 5.81. The van der Waals surface area contributed by atoms with E-state index >= 15 is 0 Å². The number of likely N-dealkylation sites (N-methyl/N-ethyl adjacent to an activating group) is 1. The van der Waals surface area contributed by atoms with Crippen LogP contribution in [0.3, 0.4) is 0 Å². The van der Waals surface area contributed by atoms with Crippen molar-refractivity contribution < 1.29 is 9.53 Å². The molecular formula is C10H22N2O2. The molecule has 0 aromatic carbocycles. The van der Waals surface area contributed by atoms with Crippen LogP contribution < -0.4 is 10.6 Å². The molecule has 84 valence electrons. The molecule has 0 aliphatic rings. The Bertz CT molecular complexity index is 160. The Morgan fingerprint density at radius 3 is 2.50 bits per heavy atom. The smallest absolute Gasteiger partial charge is 0.236 e. The molecule has 0 spiro atoms. The van der Waals surface area contributed by atoms with E-state index in [4.69, 9.17) is 4.74 Å². The van der Waals surface area contributed by atoms with Crippen LogP contribution in [-0.4, -0.2) is 37.7 Å².